The quantitative estimate of drug-likeness (QED) is 0.0937. The molecule has 3 aromatic rings. The SMILES string of the molecule is C=C(OCC)c1cc(COc2ccc(C(C)(C)c3ccc(OCCCCCCCCOCCCCN)cc3)cc2)ccn1. The standard InChI is InChI=1S/C37H52N2O4/c1-5-41-30(2)36-28-31(22-24-39-36)29-43-35-20-16-33(17-21-35)37(3,4)32-14-18-34(19-15-32)42-27-12-9-7-6-8-11-25-40-26-13-10-23-38/h14-22,24,28H,2,5-13,23,25-27,29,38H2,1,3-4H3. The van der Waals surface area contributed by atoms with E-state index in [4.69, 9.17) is 24.7 Å². The monoisotopic (exact) mass is 588 g/mol. The van der Waals surface area contributed by atoms with E-state index in [2.05, 4.69) is 61.8 Å². The second-order valence-corrected chi connectivity index (χ2v) is 11.4. The van der Waals surface area contributed by atoms with Crippen LogP contribution in [0.2, 0.25) is 0 Å². The Morgan fingerprint density at radius 1 is 0.744 bits per heavy atom. The zero-order valence-electron chi connectivity index (χ0n) is 26.6. The highest BCUT2D eigenvalue weighted by atomic mass is 16.5. The zero-order valence-corrected chi connectivity index (χ0v) is 26.6. The number of benzene rings is 2. The van der Waals surface area contributed by atoms with Crippen LogP contribution in [0.5, 0.6) is 11.5 Å². The van der Waals surface area contributed by atoms with Gasteiger partial charge in [-0.25, -0.2) is 0 Å². The fourth-order valence-corrected chi connectivity index (χ4v) is 4.89. The number of unbranched alkanes of at least 4 members (excludes halogenated alkanes) is 6. The number of nitrogens with zero attached hydrogens (tertiary/aromatic N) is 1. The zero-order chi connectivity index (χ0) is 30.8. The molecule has 3 rings (SSSR count). The third-order valence-corrected chi connectivity index (χ3v) is 7.68. The summed E-state index contributed by atoms with van der Waals surface area (Å²) >= 11 is 0. The van der Waals surface area contributed by atoms with Crippen molar-refractivity contribution >= 4 is 5.76 Å². The Kier molecular flexibility index (Phi) is 15.1. The number of aromatic nitrogens is 1. The minimum atomic E-state index is -0.147. The van der Waals surface area contributed by atoms with Crippen molar-refractivity contribution in [2.24, 2.45) is 5.73 Å². The average Bonchev–Trinajstić information content (AvgIpc) is 3.03. The highest BCUT2D eigenvalue weighted by Crippen LogP contribution is 2.33. The normalized spacial score (nSPS) is 11.3. The van der Waals surface area contributed by atoms with E-state index < -0.39 is 0 Å². The van der Waals surface area contributed by atoms with Gasteiger partial charge in [-0.1, -0.05) is 70.4 Å². The van der Waals surface area contributed by atoms with Gasteiger partial charge in [0.25, 0.3) is 0 Å². The van der Waals surface area contributed by atoms with Gasteiger partial charge in [-0.2, -0.15) is 0 Å². The molecule has 43 heavy (non-hydrogen) atoms. The number of hydrogen-bond acceptors (Lipinski definition) is 6. The van der Waals surface area contributed by atoms with Crippen molar-refractivity contribution in [1.29, 1.82) is 0 Å². The summed E-state index contributed by atoms with van der Waals surface area (Å²) in [6.45, 7) is 14.6. The highest BCUT2D eigenvalue weighted by molar-refractivity contribution is 5.54. The Bertz CT molecular complexity index is 1190. The van der Waals surface area contributed by atoms with Crippen molar-refractivity contribution in [3.05, 3.63) is 95.8 Å². The van der Waals surface area contributed by atoms with Gasteiger partial charge in [-0.15, -0.1) is 0 Å². The van der Waals surface area contributed by atoms with Gasteiger partial charge in [0.2, 0.25) is 0 Å². The molecule has 0 atom stereocenters. The Hall–Kier alpha value is -3.35. The lowest BCUT2D eigenvalue weighted by Crippen LogP contribution is -2.18. The predicted octanol–water partition coefficient (Wildman–Crippen LogP) is 8.47. The molecule has 1 aromatic heterocycles. The molecule has 0 bridgehead atoms. The predicted molar refractivity (Wildman–Crippen MR) is 177 cm³/mol. The summed E-state index contributed by atoms with van der Waals surface area (Å²) in [5.41, 5.74) is 9.57. The van der Waals surface area contributed by atoms with Crippen LogP contribution in [-0.2, 0) is 21.5 Å². The summed E-state index contributed by atoms with van der Waals surface area (Å²) in [5.74, 6) is 2.33. The Labute approximate surface area is 259 Å². The first-order valence-corrected chi connectivity index (χ1v) is 16.0. The van der Waals surface area contributed by atoms with Crippen molar-refractivity contribution in [1.82, 2.24) is 4.98 Å². The van der Waals surface area contributed by atoms with Crippen molar-refractivity contribution < 1.29 is 18.9 Å². The van der Waals surface area contributed by atoms with Gasteiger partial charge in [0.1, 0.15) is 29.6 Å². The molecule has 0 saturated carbocycles. The lowest BCUT2D eigenvalue weighted by Gasteiger charge is -2.26. The van der Waals surface area contributed by atoms with Gasteiger partial charge in [0.15, 0.2) is 0 Å². The van der Waals surface area contributed by atoms with Crippen LogP contribution in [0.15, 0.2) is 73.4 Å². The van der Waals surface area contributed by atoms with Crippen LogP contribution in [0, 0.1) is 0 Å². The van der Waals surface area contributed by atoms with Gasteiger partial charge < -0.3 is 24.7 Å². The summed E-state index contributed by atoms with van der Waals surface area (Å²) in [6, 6.07) is 20.8. The molecule has 0 aliphatic carbocycles. The third-order valence-electron chi connectivity index (χ3n) is 7.68. The molecule has 0 saturated heterocycles. The minimum Gasteiger partial charge on any atom is -0.494 e. The van der Waals surface area contributed by atoms with Gasteiger partial charge >= 0.3 is 0 Å². The maximum atomic E-state index is 6.05. The topological polar surface area (TPSA) is 75.8 Å². The van der Waals surface area contributed by atoms with E-state index >= 15 is 0 Å². The Morgan fingerprint density at radius 2 is 1.30 bits per heavy atom. The fourth-order valence-electron chi connectivity index (χ4n) is 4.89. The lowest BCUT2D eigenvalue weighted by atomic mass is 9.78. The molecule has 2 N–H and O–H groups in total. The van der Waals surface area contributed by atoms with Crippen LogP contribution in [0.3, 0.4) is 0 Å². The second-order valence-electron chi connectivity index (χ2n) is 11.4. The molecular weight excluding hydrogens is 536 g/mol. The molecule has 0 aliphatic rings. The summed E-state index contributed by atoms with van der Waals surface area (Å²) in [6.07, 6.45) is 11.1. The molecule has 0 aliphatic heterocycles. The van der Waals surface area contributed by atoms with E-state index in [1.54, 1.807) is 6.20 Å². The van der Waals surface area contributed by atoms with Crippen LogP contribution >= 0.6 is 0 Å². The van der Waals surface area contributed by atoms with E-state index in [0.717, 1.165) is 74.8 Å². The summed E-state index contributed by atoms with van der Waals surface area (Å²) < 4.78 is 23.2. The maximum absolute atomic E-state index is 6.05. The van der Waals surface area contributed by atoms with Crippen LogP contribution in [0.4, 0.5) is 0 Å². The molecule has 1 heterocycles. The van der Waals surface area contributed by atoms with Crippen molar-refractivity contribution in [3.8, 4) is 11.5 Å². The van der Waals surface area contributed by atoms with Crippen molar-refractivity contribution in [2.75, 3.05) is 33.0 Å². The maximum Gasteiger partial charge on any atom is 0.137 e. The van der Waals surface area contributed by atoms with Crippen LogP contribution in [0.25, 0.3) is 5.76 Å². The number of ether oxygens (including phenoxy) is 4. The molecule has 6 heteroatoms. The van der Waals surface area contributed by atoms with E-state index in [0.29, 0.717) is 19.0 Å². The van der Waals surface area contributed by atoms with Gasteiger partial charge in [-0.3, -0.25) is 4.98 Å². The molecule has 0 unspecified atom stereocenters. The first-order valence-electron chi connectivity index (χ1n) is 16.0. The lowest BCUT2D eigenvalue weighted by molar-refractivity contribution is 0.126. The Balaban J connectivity index is 1.36. The van der Waals surface area contributed by atoms with Crippen LogP contribution in [0.1, 0.15) is 94.5 Å². The molecule has 234 valence electrons. The number of hydrogen-bond donors (Lipinski definition) is 1. The molecule has 2 aromatic carbocycles. The van der Waals surface area contributed by atoms with Gasteiger partial charge in [-0.05, 0) is 92.2 Å². The highest BCUT2D eigenvalue weighted by Gasteiger charge is 2.23. The second kappa shape index (κ2) is 19.0. The van der Waals surface area contributed by atoms with Crippen LogP contribution < -0.4 is 15.2 Å². The van der Waals surface area contributed by atoms with E-state index in [9.17, 15) is 0 Å². The molecule has 0 spiro atoms. The largest absolute Gasteiger partial charge is 0.494 e. The fraction of sp³-hybridized carbons (Fsp3) is 0.486. The number of rotatable bonds is 22. The van der Waals surface area contributed by atoms with Crippen molar-refractivity contribution in [2.45, 2.75) is 84.2 Å². The third kappa shape index (κ3) is 12.0. The summed E-state index contributed by atoms with van der Waals surface area (Å²) in [5, 5.41) is 0. The molecule has 6 nitrogen and oxygen atoms in total. The smallest absolute Gasteiger partial charge is 0.137 e. The summed E-state index contributed by atoms with van der Waals surface area (Å²) in [4.78, 5) is 4.34. The van der Waals surface area contributed by atoms with Crippen LogP contribution in [-0.4, -0.2) is 38.0 Å². The number of nitrogens with two attached hydrogens (primary N) is 1. The van der Waals surface area contributed by atoms with E-state index in [1.165, 1.54) is 36.8 Å². The molecular formula is C37H52N2O4. The number of pyridine rings is 1. The average molecular weight is 589 g/mol. The Morgan fingerprint density at radius 3 is 1.91 bits per heavy atom. The van der Waals surface area contributed by atoms with E-state index in [1.807, 2.05) is 31.2 Å². The first kappa shape index (κ1) is 34.1. The first-order chi connectivity index (χ1) is 20.9. The van der Waals surface area contributed by atoms with E-state index in [-0.39, 0.29) is 5.41 Å². The summed E-state index contributed by atoms with van der Waals surface area (Å²) in [7, 11) is 0. The molecule has 0 radical (unpaired) electrons. The van der Waals surface area contributed by atoms with Gasteiger partial charge in [0, 0.05) is 24.8 Å². The molecule has 0 fully saturated rings. The molecule has 0 amide bonds. The van der Waals surface area contributed by atoms with Gasteiger partial charge in [0.05, 0.1) is 13.2 Å². The minimum absolute atomic E-state index is 0.147. The van der Waals surface area contributed by atoms with Crippen molar-refractivity contribution in [3.63, 3.8) is 0 Å².